The summed E-state index contributed by atoms with van der Waals surface area (Å²) in [5.41, 5.74) is 1.88. The SMILES string of the molecule is N#Cc1ccc(N2CCN(CCO)CC2)cc1. The molecule has 1 aromatic carbocycles. The fourth-order valence-corrected chi connectivity index (χ4v) is 2.12. The fraction of sp³-hybridized carbons (Fsp3) is 0.462. The Morgan fingerprint density at radius 1 is 1.12 bits per heavy atom. The molecule has 1 fully saturated rings. The lowest BCUT2D eigenvalue weighted by atomic mass is 10.2. The smallest absolute Gasteiger partial charge is 0.0991 e. The van der Waals surface area contributed by atoms with Gasteiger partial charge in [-0.2, -0.15) is 5.26 Å². The Balaban J connectivity index is 1.94. The van der Waals surface area contributed by atoms with Gasteiger partial charge in [0.2, 0.25) is 0 Å². The molecule has 4 nitrogen and oxygen atoms in total. The summed E-state index contributed by atoms with van der Waals surface area (Å²) < 4.78 is 0. The van der Waals surface area contributed by atoms with Crippen LogP contribution < -0.4 is 4.90 Å². The monoisotopic (exact) mass is 231 g/mol. The Morgan fingerprint density at radius 2 is 1.76 bits per heavy atom. The number of piperazine rings is 1. The van der Waals surface area contributed by atoms with Crippen LogP contribution in [-0.4, -0.2) is 49.3 Å². The van der Waals surface area contributed by atoms with Crippen LogP contribution in [0.25, 0.3) is 0 Å². The first-order valence-corrected chi connectivity index (χ1v) is 5.92. The Bertz CT molecular complexity index is 388. The zero-order valence-electron chi connectivity index (χ0n) is 9.84. The summed E-state index contributed by atoms with van der Waals surface area (Å²) in [5.74, 6) is 0. The van der Waals surface area contributed by atoms with Gasteiger partial charge in [0.05, 0.1) is 18.2 Å². The molecule has 0 saturated carbocycles. The minimum Gasteiger partial charge on any atom is -0.395 e. The predicted octanol–water partition coefficient (Wildman–Crippen LogP) is 0.673. The van der Waals surface area contributed by atoms with E-state index in [1.807, 2.05) is 24.3 Å². The molecule has 1 aliphatic rings. The van der Waals surface area contributed by atoms with Gasteiger partial charge in [0.1, 0.15) is 0 Å². The number of anilines is 1. The van der Waals surface area contributed by atoms with Gasteiger partial charge in [-0.05, 0) is 24.3 Å². The van der Waals surface area contributed by atoms with Gasteiger partial charge in [-0.1, -0.05) is 0 Å². The molecule has 2 rings (SSSR count). The molecular weight excluding hydrogens is 214 g/mol. The lowest BCUT2D eigenvalue weighted by molar-refractivity contribution is 0.189. The average Bonchev–Trinajstić information content (AvgIpc) is 2.40. The van der Waals surface area contributed by atoms with Crippen LogP contribution in [0.1, 0.15) is 5.56 Å². The molecule has 1 N–H and O–H groups in total. The summed E-state index contributed by atoms with van der Waals surface area (Å²) in [6.07, 6.45) is 0. The first kappa shape index (κ1) is 11.9. The number of aliphatic hydroxyl groups excluding tert-OH is 1. The number of benzene rings is 1. The molecule has 1 aliphatic heterocycles. The molecule has 1 heterocycles. The third-order valence-electron chi connectivity index (χ3n) is 3.15. The van der Waals surface area contributed by atoms with Gasteiger partial charge in [-0.3, -0.25) is 4.90 Å². The molecule has 17 heavy (non-hydrogen) atoms. The maximum atomic E-state index is 8.87. The van der Waals surface area contributed by atoms with Gasteiger partial charge in [0.25, 0.3) is 0 Å². The number of β-amino-alcohol motifs (C(OH)–C–C–N with tert-alkyl or cyclic N) is 1. The number of hydrogen-bond donors (Lipinski definition) is 1. The van der Waals surface area contributed by atoms with Crippen molar-refractivity contribution in [2.75, 3.05) is 44.2 Å². The molecule has 0 unspecified atom stereocenters. The van der Waals surface area contributed by atoms with E-state index < -0.39 is 0 Å². The number of hydrogen-bond acceptors (Lipinski definition) is 4. The van der Waals surface area contributed by atoms with Crippen molar-refractivity contribution in [3.05, 3.63) is 29.8 Å². The van der Waals surface area contributed by atoms with Crippen LogP contribution in [0.2, 0.25) is 0 Å². The number of rotatable bonds is 3. The second-order valence-corrected chi connectivity index (χ2v) is 4.21. The standard InChI is InChI=1S/C13H17N3O/c14-11-12-1-3-13(4-2-12)16-7-5-15(6-8-16)9-10-17/h1-4,17H,5-10H2. The van der Waals surface area contributed by atoms with E-state index in [9.17, 15) is 0 Å². The Labute approximate surface area is 102 Å². The average molecular weight is 231 g/mol. The lowest BCUT2D eigenvalue weighted by Gasteiger charge is -2.35. The predicted molar refractivity (Wildman–Crippen MR) is 66.9 cm³/mol. The van der Waals surface area contributed by atoms with E-state index in [-0.39, 0.29) is 6.61 Å². The minimum atomic E-state index is 0.233. The van der Waals surface area contributed by atoms with Gasteiger partial charge in [0, 0.05) is 38.4 Å². The van der Waals surface area contributed by atoms with Crippen molar-refractivity contribution in [3.8, 4) is 6.07 Å². The molecule has 0 atom stereocenters. The van der Waals surface area contributed by atoms with Crippen LogP contribution in [0.5, 0.6) is 0 Å². The molecular formula is C13H17N3O. The number of aliphatic hydroxyl groups is 1. The third-order valence-corrected chi connectivity index (χ3v) is 3.15. The summed E-state index contributed by atoms with van der Waals surface area (Å²) in [7, 11) is 0. The largest absolute Gasteiger partial charge is 0.395 e. The Kier molecular flexibility index (Phi) is 3.97. The summed E-state index contributed by atoms with van der Waals surface area (Å²) in [6, 6.07) is 9.84. The zero-order chi connectivity index (χ0) is 12.1. The minimum absolute atomic E-state index is 0.233. The lowest BCUT2D eigenvalue weighted by Crippen LogP contribution is -2.47. The summed E-state index contributed by atoms with van der Waals surface area (Å²) in [6.45, 7) is 4.93. The Morgan fingerprint density at radius 3 is 2.29 bits per heavy atom. The maximum Gasteiger partial charge on any atom is 0.0991 e. The molecule has 90 valence electrons. The molecule has 0 bridgehead atoms. The van der Waals surface area contributed by atoms with Crippen LogP contribution >= 0.6 is 0 Å². The molecule has 1 aromatic rings. The van der Waals surface area contributed by atoms with Crippen molar-refractivity contribution in [1.29, 1.82) is 5.26 Å². The van der Waals surface area contributed by atoms with Gasteiger partial charge < -0.3 is 10.0 Å². The third kappa shape index (κ3) is 2.96. The highest BCUT2D eigenvalue weighted by Crippen LogP contribution is 2.16. The highest BCUT2D eigenvalue weighted by Gasteiger charge is 2.16. The van der Waals surface area contributed by atoms with Crippen molar-refractivity contribution in [2.24, 2.45) is 0 Å². The van der Waals surface area contributed by atoms with Gasteiger partial charge in [-0.25, -0.2) is 0 Å². The Hall–Kier alpha value is -1.57. The number of nitriles is 1. The van der Waals surface area contributed by atoms with E-state index >= 15 is 0 Å². The zero-order valence-corrected chi connectivity index (χ0v) is 9.84. The van der Waals surface area contributed by atoms with Gasteiger partial charge in [-0.15, -0.1) is 0 Å². The second-order valence-electron chi connectivity index (χ2n) is 4.21. The first-order chi connectivity index (χ1) is 8.33. The van der Waals surface area contributed by atoms with Crippen LogP contribution in [0.15, 0.2) is 24.3 Å². The highest BCUT2D eigenvalue weighted by atomic mass is 16.3. The van der Waals surface area contributed by atoms with Crippen LogP contribution in [-0.2, 0) is 0 Å². The van der Waals surface area contributed by atoms with E-state index in [4.69, 9.17) is 10.4 Å². The van der Waals surface area contributed by atoms with E-state index in [1.54, 1.807) is 0 Å². The highest BCUT2D eigenvalue weighted by molar-refractivity contribution is 5.50. The van der Waals surface area contributed by atoms with E-state index in [2.05, 4.69) is 15.9 Å². The quantitative estimate of drug-likeness (QED) is 0.831. The first-order valence-electron chi connectivity index (χ1n) is 5.92. The molecule has 0 aromatic heterocycles. The molecule has 0 spiro atoms. The molecule has 0 amide bonds. The van der Waals surface area contributed by atoms with E-state index in [1.165, 1.54) is 5.69 Å². The van der Waals surface area contributed by atoms with E-state index in [0.29, 0.717) is 5.56 Å². The summed E-state index contributed by atoms with van der Waals surface area (Å²) in [5, 5.41) is 17.6. The normalized spacial score (nSPS) is 16.8. The molecule has 0 aliphatic carbocycles. The topological polar surface area (TPSA) is 50.5 Å². The molecule has 0 radical (unpaired) electrons. The summed E-state index contributed by atoms with van der Waals surface area (Å²) in [4.78, 5) is 4.58. The molecule has 4 heteroatoms. The van der Waals surface area contributed by atoms with Gasteiger partial charge in [0.15, 0.2) is 0 Å². The van der Waals surface area contributed by atoms with Crippen LogP contribution in [0.3, 0.4) is 0 Å². The van der Waals surface area contributed by atoms with E-state index in [0.717, 1.165) is 32.7 Å². The van der Waals surface area contributed by atoms with Crippen molar-refractivity contribution >= 4 is 5.69 Å². The van der Waals surface area contributed by atoms with Crippen molar-refractivity contribution in [1.82, 2.24) is 4.90 Å². The van der Waals surface area contributed by atoms with Crippen molar-refractivity contribution < 1.29 is 5.11 Å². The van der Waals surface area contributed by atoms with Gasteiger partial charge >= 0.3 is 0 Å². The number of nitrogens with zero attached hydrogens (tertiary/aromatic N) is 3. The molecule has 1 saturated heterocycles. The van der Waals surface area contributed by atoms with Crippen molar-refractivity contribution in [2.45, 2.75) is 0 Å². The maximum absolute atomic E-state index is 8.87. The fourth-order valence-electron chi connectivity index (χ4n) is 2.12. The summed E-state index contributed by atoms with van der Waals surface area (Å²) >= 11 is 0. The second kappa shape index (κ2) is 5.67. The van der Waals surface area contributed by atoms with Crippen LogP contribution in [0.4, 0.5) is 5.69 Å². The van der Waals surface area contributed by atoms with Crippen molar-refractivity contribution in [3.63, 3.8) is 0 Å². The van der Waals surface area contributed by atoms with Crippen LogP contribution in [0, 0.1) is 11.3 Å².